The molecule has 0 bridgehead atoms. The van der Waals surface area contributed by atoms with E-state index in [9.17, 15) is 0 Å². The van der Waals surface area contributed by atoms with Crippen molar-refractivity contribution < 1.29 is 0 Å². The van der Waals surface area contributed by atoms with Gasteiger partial charge in [0.15, 0.2) is 0 Å². The molecule has 0 radical (unpaired) electrons. The summed E-state index contributed by atoms with van der Waals surface area (Å²) in [6, 6.07) is 4.50. The van der Waals surface area contributed by atoms with Crippen molar-refractivity contribution in [3.63, 3.8) is 0 Å². The van der Waals surface area contributed by atoms with Crippen LogP contribution in [0.2, 0.25) is 0 Å². The topological polar surface area (TPSA) is 0 Å². The van der Waals surface area contributed by atoms with Crippen molar-refractivity contribution in [2.24, 2.45) is 0 Å². The summed E-state index contributed by atoms with van der Waals surface area (Å²) < 4.78 is 0. The summed E-state index contributed by atoms with van der Waals surface area (Å²) in [6.07, 6.45) is 6.36. The zero-order chi connectivity index (χ0) is 11.3. The predicted octanol–water partition coefficient (Wildman–Crippen LogP) is 4.34. The van der Waals surface area contributed by atoms with E-state index in [1.54, 1.807) is 0 Å². The van der Waals surface area contributed by atoms with Crippen LogP contribution in [0.5, 0.6) is 0 Å². The van der Waals surface area contributed by atoms with E-state index in [0.29, 0.717) is 5.88 Å². The predicted molar refractivity (Wildman–Crippen MR) is 68.8 cm³/mol. The van der Waals surface area contributed by atoms with Crippen molar-refractivity contribution in [1.29, 1.82) is 0 Å². The summed E-state index contributed by atoms with van der Waals surface area (Å²) in [5, 5.41) is 0. The minimum Gasteiger partial charge on any atom is -0.126 e. The third kappa shape index (κ3) is 3.71. The van der Waals surface area contributed by atoms with Gasteiger partial charge in [-0.3, -0.25) is 0 Å². The highest BCUT2D eigenvalue weighted by molar-refractivity contribution is 6.17. The van der Waals surface area contributed by atoms with Crippen molar-refractivity contribution in [1.82, 2.24) is 0 Å². The molecule has 1 heteroatoms. The second-order valence-corrected chi connectivity index (χ2v) is 4.41. The molecule has 1 aromatic carbocycles. The van der Waals surface area contributed by atoms with Crippen molar-refractivity contribution >= 4 is 11.6 Å². The van der Waals surface area contributed by atoms with Gasteiger partial charge in [-0.2, -0.15) is 0 Å². The maximum atomic E-state index is 5.62. The zero-order valence-electron chi connectivity index (χ0n) is 9.81. The molecule has 0 saturated heterocycles. The van der Waals surface area contributed by atoms with Crippen LogP contribution in [0.4, 0.5) is 0 Å². The number of alkyl halides is 1. The van der Waals surface area contributed by atoms with Gasteiger partial charge in [-0.05, 0) is 50.3 Å². The summed E-state index contributed by atoms with van der Waals surface area (Å²) >= 11 is 5.62. The Morgan fingerprint density at radius 1 is 1.07 bits per heavy atom. The van der Waals surface area contributed by atoms with Crippen LogP contribution in [0, 0.1) is 20.8 Å². The van der Waals surface area contributed by atoms with Crippen molar-refractivity contribution in [3.8, 4) is 0 Å². The molecule has 0 aliphatic heterocycles. The first-order valence-corrected chi connectivity index (χ1v) is 5.96. The van der Waals surface area contributed by atoms with Gasteiger partial charge < -0.3 is 0 Å². The lowest BCUT2D eigenvalue weighted by Gasteiger charge is -2.08. The monoisotopic (exact) mass is 222 g/mol. The van der Waals surface area contributed by atoms with E-state index in [-0.39, 0.29) is 0 Å². The van der Waals surface area contributed by atoms with E-state index in [0.717, 1.165) is 12.8 Å². The Morgan fingerprint density at radius 2 is 1.67 bits per heavy atom. The molecule has 82 valence electrons. The van der Waals surface area contributed by atoms with Crippen LogP contribution in [-0.4, -0.2) is 5.88 Å². The van der Waals surface area contributed by atoms with E-state index in [2.05, 4.69) is 45.1 Å². The summed E-state index contributed by atoms with van der Waals surface area (Å²) in [4.78, 5) is 0. The molecule has 0 fully saturated rings. The van der Waals surface area contributed by atoms with E-state index in [1.165, 1.54) is 22.3 Å². The van der Waals surface area contributed by atoms with Crippen molar-refractivity contribution in [2.45, 2.75) is 33.6 Å². The Bertz CT molecular complexity index is 327. The molecule has 0 saturated carbocycles. The molecule has 1 rings (SSSR count). The van der Waals surface area contributed by atoms with Gasteiger partial charge in [0.1, 0.15) is 0 Å². The molecule has 0 nitrogen and oxygen atoms in total. The van der Waals surface area contributed by atoms with Crippen LogP contribution in [-0.2, 0) is 6.42 Å². The Morgan fingerprint density at radius 3 is 2.20 bits per heavy atom. The molecule has 1 aromatic rings. The third-order valence-corrected chi connectivity index (χ3v) is 2.82. The first-order chi connectivity index (χ1) is 7.15. The lowest BCUT2D eigenvalue weighted by Crippen LogP contribution is -1.93. The zero-order valence-corrected chi connectivity index (χ0v) is 10.6. The maximum Gasteiger partial charge on any atom is 0.0258 e. The van der Waals surface area contributed by atoms with E-state index in [4.69, 9.17) is 11.6 Å². The minimum atomic E-state index is 0.711. The molecule has 15 heavy (non-hydrogen) atoms. The lowest BCUT2D eigenvalue weighted by molar-refractivity contribution is 1.13. The number of benzene rings is 1. The van der Waals surface area contributed by atoms with Crippen molar-refractivity contribution in [2.75, 3.05) is 5.88 Å². The normalized spacial score (nSPS) is 11.2. The quantitative estimate of drug-likeness (QED) is 0.525. The molecule has 0 aliphatic carbocycles. The fourth-order valence-electron chi connectivity index (χ4n) is 1.91. The first kappa shape index (κ1) is 12.3. The van der Waals surface area contributed by atoms with Gasteiger partial charge in [-0.1, -0.05) is 29.8 Å². The number of hydrogen-bond acceptors (Lipinski definition) is 0. The lowest BCUT2D eigenvalue weighted by atomic mass is 9.97. The summed E-state index contributed by atoms with van der Waals surface area (Å²) in [5.74, 6) is 0.711. The number of allylic oxidation sites excluding steroid dienone is 2. The number of aryl methyl sites for hydroxylation is 3. The summed E-state index contributed by atoms with van der Waals surface area (Å²) in [5.41, 5.74) is 5.58. The smallest absolute Gasteiger partial charge is 0.0258 e. The standard InChI is InChI=1S/C14H19Cl/c1-11-9-12(2)14(13(3)10-11)7-5-4-6-8-15/h4-5,9-10H,6-8H2,1-3H3. The molecular weight excluding hydrogens is 204 g/mol. The van der Waals surface area contributed by atoms with Crippen molar-refractivity contribution in [3.05, 3.63) is 46.5 Å². The third-order valence-electron chi connectivity index (χ3n) is 2.60. The van der Waals surface area contributed by atoms with Gasteiger partial charge in [0, 0.05) is 5.88 Å². The number of hydrogen-bond donors (Lipinski definition) is 0. The van der Waals surface area contributed by atoms with Crippen LogP contribution < -0.4 is 0 Å². The highest BCUT2D eigenvalue weighted by Gasteiger charge is 2.01. The molecular formula is C14H19Cl. The van der Waals surface area contributed by atoms with Gasteiger partial charge in [-0.25, -0.2) is 0 Å². The Hall–Kier alpha value is -0.750. The van der Waals surface area contributed by atoms with Gasteiger partial charge in [-0.15, -0.1) is 11.6 Å². The van der Waals surface area contributed by atoms with Crippen LogP contribution in [0.1, 0.15) is 28.7 Å². The molecule has 0 amide bonds. The number of rotatable bonds is 4. The highest BCUT2D eigenvalue weighted by Crippen LogP contribution is 2.17. The van der Waals surface area contributed by atoms with Crippen LogP contribution >= 0.6 is 11.6 Å². The highest BCUT2D eigenvalue weighted by atomic mass is 35.5. The van der Waals surface area contributed by atoms with Gasteiger partial charge in [0.2, 0.25) is 0 Å². The largest absolute Gasteiger partial charge is 0.126 e. The Balaban J connectivity index is 2.77. The van der Waals surface area contributed by atoms with Crippen LogP contribution in [0.15, 0.2) is 24.3 Å². The fraction of sp³-hybridized carbons (Fsp3) is 0.429. The maximum absolute atomic E-state index is 5.62. The van der Waals surface area contributed by atoms with Gasteiger partial charge in [0.25, 0.3) is 0 Å². The molecule has 0 N–H and O–H groups in total. The Labute approximate surface area is 98.0 Å². The molecule has 0 heterocycles. The van der Waals surface area contributed by atoms with E-state index in [1.807, 2.05) is 0 Å². The molecule has 0 atom stereocenters. The van der Waals surface area contributed by atoms with Gasteiger partial charge in [0.05, 0.1) is 0 Å². The summed E-state index contributed by atoms with van der Waals surface area (Å²) in [6.45, 7) is 6.52. The SMILES string of the molecule is Cc1cc(C)c(CC=CCCCl)c(C)c1. The first-order valence-electron chi connectivity index (χ1n) is 5.43. The molecule has 0 unspecified atom stereocenters. The summed E-state index contributed by atoms with van der Waals surface area (Å²) in [7, 11) is 0. The second kappa shape index (κ2) is 5.97. The molecule has 0 spiro atoms. The second-order valence-electron chi connectivity index (χ2n) is 4.03. The number of halogens is 1. The molecule has 0 aromatic heterocycles. The Kier molecular flexibility index (Phi) is 4.90. The van der Waals surface area contributed by atoms with Crippen LogP contribution in [0.25, 0.3) is 0 Å². The van der Waals surface area contributed by atoms with E-state index < -0.39 is 0 Å². The average Bonchev–Trinajstić information content (AvgIpc) is 2.15. The van der Waals surface area contributed by atoms with E-state index >= 15 is 0 Å². The van der Waals surface area contributed by atoms with Gasteiger partial charge >= 0.3 is 0 Å². The molecule has 0 aliphatic rings. The average molecular weight is 223 g/mol. The fourth-order valence-corrected chi connectivity index (χ4v) is 2.04. The van der Waals surface area contributed by atoms with Crippen LogP contribution in [0.3, 0.4) is 0 Å². The minimum absolute atomic E-state index is 0.711.